The fourth-order valence-electron chi connectivity index (χ4n) is 0.679. The Bertz CT molecular complexity index is 40.8. The van der Waals surface area contributed by atoms with Crippen molar-refractivity contribution in [2.75, 3.05) is 13.1 Å². The second kappa shape index (κ2) is 1.80. The Labute approximate surface area is 43.0 Å². The molecule has 1 aliphatic rings. The molecule has 1 rings (SSSR count). The zero-order valence-electron chi connectivity index (χ0n) is 3.65. The molecule has 1 nitrogen and oxygen atoms in total. The second-order valence-corrected chi connectivity index (χ2v) is 2.10. The van der Waals surface area contributed by atoms with Gasteiger partial charge in [0.05, 0.1) is 0 Å². The molecule has 1 heterocycles. The van der Waals surface area contributed by atoms with Crippen molar-refractivity contribution < 1.29 is 0 Å². The van der Waals surface area contributed by atoms with Crippen molar-refractivity contribution in [3.05, 3.63) is 0 Å². The van der Waals surface area contributed by atoms with E-state index in [1.165, 1.54) is 12.8 Å². The predicted molar refractivity (Wildman–Crippen MR) is 26.7 cm³/mol. The van der Waals surface area contributed by atoms with Crippen LogP contribution in [0.15, 0.2) is 0 Å². The topological polar surface area (TPSA) is 3.24 Å². The van der Waals surface area contributed by atoms with Crippen LogP contribution >= 0.6 is 11.8 Å². The van der Waals surface area contributed by atoms with Gasteiger partial charge in [0.2, 0.25) is 0 Å². The maximum atomic E-state index is 5.55. The predicted octanol–water partition coefficient (Wildman–Crippen LogP) is 1.24. The maximum absolute atomic E-state index is 5.55. The summed E-state index contributed by atoms with van der Waals surface area (Å²) < 4.78 is 1.83. The van der Waals surface area contributed by atoms with Crippen LogP contribution < -0.4 is 0 Å². The highest BCUT2D eigenvalue weighted by Gasteiger charge is 2.05. The highest BCUT2D eigenvalue weighted by Crippen LogP contribution is 2.08. The molecule has 0 aromatic heterocycles. The minimum atomic E-state index is 1.08. The van der Waals surface area contributed by atoms with E-state index < -0.39 is 0 Å². The molecule has 36 valence electrons. The van der Waals surface area contributed by atoms with Crippen LogP contribution in [0.4, 0.5) is 0 Å². The van der Waals surface area contributed by atoms with Gasteiger partial charge < -0.3 is 0 Å². The number of nitrogens with zero attached hydrogens (tertiary/aromatic N) is 1. The average Bonchev–Trinajstić information content (AvgIpc) is 1.86. The van der Waals surface area contributed by atoms with Crippen molar-refractivity contribution in [1.29, 1.82) is 0 Å². The third-order valence-electron chi connectivity index (χ3n) is 1.05. The van der Waals surface area contributed by atoms with E-state index in [1.54, 1.807) is 0 Å². The second-order valence-electron chi connectivity index (χ2n) is 1.62. The number of hydrogen-bond acceptors (Lipinski definition) is 1. The lowest BCUT2D eigenvalue weighted by Gasteiger charge is -1.96. The molecule has 0 aromatic rings. The minimum Gasteiger partial charge on any atom is -0.220 e. The van der Waals surface area contributed by atoms with Crippen molar-refractivity contribution in [2.24, 2.45) is 0 Å². The zero-order valence-corrected chi connectivity index (χ0v) is 4.41. The van der Waals surface area contributed by atoms with Gasteiger partial charge in [0.1, 0.15) is 0 Å². The highest BCUT2D eigenvalue weighted by molar-refractivity contribution is 6.13. The van der Waals surface area contributed by atoms with Crippen molar-refractivity contribution in [3.63, 3.8) is 0 Å². The monoisotopic (exact) mass is 105 g/mol. The van der Waals surface area contributed by atoms with Crippen LogP contribution in [0.2, 0.25) is 0 Å². The van der Waals surface area contributed by atoms with Crippen LogP contribution in [0, 0.1) is 0 Å². The summed E-state index contributed by atoms with van der Waals surface area (Å²) in [5.74, 6) is 0. The Morgan fingerprint density at radius 3 is 1.83 bits per heavy atom. The highest BCUT2D eigenvalue weighted by atomic mass is 35.5. The van der Waals surface area contributed by atoms with E-state index in [4.69, 9.17) is 11.8 Å². The van der Waals surface area contributed by atoms with Gasteiger partial charge in [-0.1, -0.05) is 0 Å². The van der Waals surface area contributed by atoms with E-state index in [0.29, 0.717) is 0 Å². The summed E-state index contributed by atoms with van der Waals surface area (Å²) in [4.78, 5) is 0. The molecule has 1 saturated heterocycles. The molecule has 0 atom stereocenters. The third-order valence-corrected chi connectivity index (χ3v) is 1.39. The van der Waals surface area contributed by atoms with E-state index in [0.717, 1.165) is 13.1 Å². The van der Waals surface area contributed by atoms with Crippen molar-refractivity contribution in [2.45, 2.75) is 12.8 Å². The first kappa shape index (κ1) is 4.41. The molecule has 0 unspecified atom stereocenters. The van der Waals surface area contributed by atoms with Crippen molar-refractivity contribution >= 4 is 11.8 Å². The molecule has 6 heavy (non-hydrogen) atoms. The first-order chi connectivity index (χ1) is 2.89. The summed E-state index contributed by atoms with van der Waals surface area (Å²) in [5.41, 5.74) is 0. The summed E-state index contributed by atoms with van der Waals surface area (Å²) in [6.07, 6.45) is 2.56. The maximum Gasteiger partial charge on any atom is 0.0139 e. The Morgan fingerprint density at radius 1 is 1.17 bits per heavy atom. The molecule has 0 saturated carbocycles. The van der Waals surface area contributed by atoms with Crippen LogP contribution in [0.3, 0.4) is 0 Å². The average molecular weight is 106 g/mol. The molecule has 0 amide bonds. The van der Waals surface area contributed by atoms with Crippen LogP contribution in [0.25, 0.3) is 0 Å². The van der Waals surface area contributed by atoms with Gasteiger partial charge in [-0.25, -0.2) is 4.42 Å². The molecule has 0 bridgehead atoms. The fourth-order valence-corrected chi connectivity index (χ4v) is 0.918. The molecule has 0 N–H and O–H groups in total. The van der Waals surface area contributed by atoms with Gasteiger partial charge in [-0.15, -0.1) is 0 Å². The summed E-state index contributed by atoms with van der Waals surface area (Å²) >= 11 is 5.55. The Kier molecular flexibility index (Phi) is 1.33. The van der Waals surface area contributed by atoms with Gasteiger partial charge in [0.15, 0.2) is 0 Å². The van der Waals surface area contributed by atoms with Gasteiger partial charge in [-0.05, 0) is 24.6 Å². The van der Waals surface area contributed by atoms with Crippen LogP contribution in [0.1, 0.15) is 12.8 Å². The lowest BCUT2D eigenvalue weighted by molar-refractivity contribution is 0.567. The standard InChI is InChI=1S/C4H8ClN/c5-6-3-1-2-4-6/h1-4H2. The molecule has 0 aromatic carbocycles. The first-order valence-corrected chi connectivity index (χ1v) is 2.64. The van der Waals surface area contributed by atoms with Crippen molar-refractivity contribution in [3.8, 4) is 0 Å². The Morgan fingerprint density at radius 2 is 1.67 bits per heavy atom. The quantitative estimate of drug-likeness (QED) is 0.419. The summed E-state index contributed by atoms with van der Waals surface area (Å²) in [7, 11) is 0. The van der Waals surface area contributed by atoms with E-state index in [1.807, 2.05) is 4.42 Å². The molecule has 2 heteroatoms. The van der Waals surface area contributed by atoms with Gasteiger partial charge in [-0.3, -0.25) is 0 Å². The van der Waals surface area contributed by atoms with Crippen molar-refractivity contribution in [1.82, 2.24) is 4.42 Å². The SMILES string of the molecule is ClN1CCCC1. The molecule has 0 aliphatic carbocycles. The molecule has 0 radical (unpaired) electrons. The van der Waals surface area contributed by atoms with E-state index >= 15 is 0 Å². The summed E-state index contributed by atoms with van der Waals surface area (Å²) in [6, 6.07) is 0. The zero-order chi connectivity index (χ0) is 4.41. The third kappa shape index (κ3) is 0.854. The molecular weight excluding hydrogens is 97.5 g/mol. The molecule has 0 spiro atoms. The van der Waals surface area contributed by atoms with Crippen LogP contribution in [-0.2, 0) is 0 Å². The number of rotatable bonds is 0. The molecule has 1 aliphatic heterocycles. The molecule has 1 fully saturated rings. The molecular formula is C4H8ClN. The van der Waals surface area contributed by atoms with Gasteiger partial charge in [-0.2, -0.15) is 0 Å². The first-order valence-electron chi connectivity index (χ1n) is 2.30. The van der Waals surface area contributed by atoms with Gasteiger partial charge >= 0.3 is 0 Å². The van der Waals surface area contributed by atoms with Crippen LogP contribution in [-0.4, -0.2) is 17.5 Å². The smallest absolute Gasteiger partial charge is 0.0139 e. The van der Waals surface area contributed by atoms with Gasteiger partial charge in [0.25, 0.3) is 0 Å². The summed E-state index contributed by atoms with van der Waals surface area (Å²) in [6.45, 7) is 2.17. The Balaban J connectivity index is 2.18. The lowest BCUT2D eigenvalue weighted by atomic mass is 10.4. The largest absolute Gasteiger partial charge is 0.220 e. The lowest BCUT2D eigenvalue weighted by Crippen LogP contribution is -2.02. The van der Waals surface area contributed by atoms with E-state index in [-0.39, 0.29) is 0 Å². The number of halogens is 1. The van der Waals surface area contributed by atoms with Crippen LogP contribution in [0.5, 0.6) is 0 Å². The Hall–Kier alpha value is 0.250. The summed E-state index contributed by atoms with van der Waals surface area (Å²) in [5, 5.41) is 0. The fraction of sp³-hybridized carbons (Fsp3) is 1.00. The van der Waals surface area contributed by atoms with E-state index in [9.17, 15) is 0 Å². The van der Waals surface area contributed by atoms with Gasteiger partial charge in [0, 0.05) is 13.1 Å². The minimum absolute atomic E-state index is 1.08. The van der Waals surface area contributed by atoms with E-state index in [2.05, 4.69) is 0 Å². The normalized spacial score (nSPS) is 25.5. The number of hydrogen-bond donors (Lipinski definition) is 0.